The predicted molar refractivity (Wildman–Crippen MR) is 168 cm³/mol. The highest BCUT2D eigenvalue weighted by Crippen LogP contribution is 2.42. The zero-order valence-corrected chi connectivity index (χ0v) is 24.2. The summed E-state index contributed by atoms with van der Waals surface area (Å²) in [5, 5.41) is 0. The second-order valence-corrected chi connectivity index (χ2v) is 11.2. The quantitative estimate of drug-likeness (QED) is 0.231. The first-order valence-corrected chi connectivity index (χ1v) is 14.6. The SMILES string of the molecule is CSC(=S)N(c1ccc(C)cc1)c1nc(-c2ccccc2)n(C)c1N(C(=S)SC)c1ccc(C)cc1. The molecule has 4 aromatic rings. The fraction of sp³-hybridized carbons (Fsp3) is 0.179. The number of aryl methyl sites for hydroxylation is 2. The molecule has 184 valence electrons. The van der Waals surface area contributed by atoms with E-state index in [0.717, 1.165) is 38.7 Å². The van der Waals surface area contributed by atoms with Crippen molar-refractivity contribution in [2.45, 2.75) is 13.8 Å². The number of thioether (sulfide) groups is 2. The molecule has 0 unspecified atom stereocenters. The lowest BCUT2D eigenvalue weighted by molar-refractivity contribution is 0.918. The van der Waals surface area contributed by atoms with Crippen LogP contribution in [0.2, 0.25) is 0 Å². The van der Waals surface area contributed by atoms with E-state index < -0.39 is 0 Å². The predicted octanol–water partition coefficient (Wildman–Crippen LogP) is 8.28. The second-order valence-electron chi connectivity index (χ2n) is 8.29. The molecule has 1 aromatic heterocycles. The van der Waals surface area contributed by atoms with Crippen molar-refractivity contribution in [1.29, 1.82) is 0 Å². The average molecular weight is 549 g/mol. The summed E-state index contributed by atoms with van der Waals surface area (Å²) >= 11 is 14.9. The van der Waals surface area contributed by atoms with E-state index in [-0.39, 0.29) is 0 Å². The van der Waals surface area contributed by atoms with Crippen LogP contribution < -0.4 is 9.80 Å². The van der Waals surface area contributed by atoms with E-state index >= 15 is 0 Å². The highest BCUT2D eigenvalue weighted by atomic mass is 32.2. The van der Waals surface area contributed by atoms with Gasteiger partial charge < -0.3 is 4.57 Å². The van der Waals surface area contributed by atoms with Crippen molar-refractivity contribution >= 4 is 79.6 Å². The Balaban J connectivity index is 2.04. The van der Waals surface area contributed by atoms with Crippen molar-refractivity contribution in [2.24, 2.45) is 7.05 Å². The maximum Gasteiger partial charge on any atom is 0.183 e. The Morgan fingerprint density at radius 1 is 0.722 bits per heavy atom. The van der Waals surface area contributed by atoms with Crippen LogP contribution >= 0.6 is 48.0 Å². The van der Waals surface area contributed by atoms with E-state index in [1.54, 1.807) is 0 Å². The summed E-state index contributed by atoms with van der Waals surface area (Å²) in [5.74, 6) is 2.42. The smallest absolute Gasteiger partial charge is 0.183 e. The van der Waals surface area contributed by atoms with E-state index in [4.69, 9.17) is 29.4 Å². The third-order valence-corrected chi connectivity index (χ3v) is 8.23. The van der Waals surface area contributed by atoms with Crippen LogP contribution in [0.1, 0.15) is 11.1 Å². The molecule has 4 rings (SSSR count). The lowest BCUT2D eigenvalue weighted by Gasteiger charge is -2.29. The summed E-state index contributed by atoms with van der Waals surface area (Å²) in [6, 6.07) is 27.0. The summed E-state index contributed by atoms with van der Waals surface area (Å²) < 4.78 is 3.54. The van der Waals surface area contributed by atoms with E-state index in [9.17, 15) is 0 Å². The number of rotatable bonds is 5. The van der Waals surface area contributed by atoms with Gasteiger partial charge >= 0.3 is 0 Å². The molecule has 0 atom stereocenters. The molecule has 8 heteroatoms. The minimum absolute atomic E-state index is 0.705. The van der Waals surface area contributed by atoms with Crippen LogP contribution in [0.15, 0.2) is 78.9 Å². The van der Waals surface area contributed by atoms with Gasteiger partial charge in [0, 0.05) is 24.0 Å². The normalized spacial score (nSPS) is 10.8. The average Bonchev–Trinajstić information content (AvgIpc) is 3.23. The minimum Gasteiger partial charge on any atom is -0.312 e. The molecule has 1 heterocycles. The first-order chi connectivity index (χ1) is 17.3. The molecule has 0 amide bonds. The van der Waals surface area contributed by atoms with Crippen LogP contribution in [0.25, 0.3) is 11.4 Å². The summed E-state index contributed by atoms with van der Waals surface area (Å²) in [7, 11) is 2.04. The van der Waals surface area contributed by atoms with Gasteiger partial charge in [0.25, 0.3) is 0 Å². The number of anilines is 4. The minimum atomic E-state index is 0.705. The molecule has 0 fully saturated rings. The van der Waals surface area contributed by atoms with Crippen molar-refractivity contribution in [3.63, 3.8) is 0 Å². The third-order valence-electron chi connectivity index (χ3n) is 5.80. The van der Waals surface area contributed by atoms with Gasteiger partial charge in [-0.3, -0.25) is 9.80 Å². The first kappa shape index (κ1) is 26.4. The summed E-state index contributed by atoms with van der Waals surface area (Å²) in [6.45, 7) is 4.16. The lowest BCUT2D eigenvalue weighted by Crippen LogP contribution is -2.28. The third kappa shape index (κ3) is 5.37. The number of benzene rings is 3. The largest absolute Gasteiger partial charge is 0.312 e. The van der Waals surface area contributed by atoms with Crippen LogP contribution in [-0.4, -0.2) is 30.7 Å². The van der Waals surface area contributed by atoms with Gasteiger partial charge in [-0.15, -0.1) is 0 Å². The standard InChI is InChI=1S/C28H28N4S4/c1-19-11-15-22(16-12-19)31(27(33)35-4)25-26(30(3)24(29-25)21-9-7-6-8-10-21)32(28(34)36-5)23-17-13-20(2)14-18-23/h6-18H,1-5H3. The van der Waals surface area contributed by atoms with Crippen LogP contribution in [0, 0.1) is 13.8 Å². The van der Waals surface area contributed by atoms with Gasteiger partial charge in [-0.2, -0.15) is 0 Å². The van der Waals surface area contributed by atoms with Gasteiger partial charge in [0.1, 0.15) is 14.5 Å². The maximum atomic E-state index is 5.92. The molecule has 0 radical (unpaired) electrons. The Morgan fingerprint density at radius 2 is 1.19 bits per heavy atom. The highest BCUT2D eigenvalue weighted by molar-refractivity contribution is 8.23. The molecule has 3 aromatic carbocycles. The number of hydrogen-bond acceptors (Lipinski definition) is 5. The summed E-state index contributed by atoms with van der Waals surface area (Å²) in [4.78, 5) is 9.35. The highest BCUT2D eigenvalue weighted by Gasteiger charge is 2.30. The molecular formula is C28H28N4S4. The Hall–Kier alpha value is -2.65. The lowest BCUT2D eigenvalue weighted by atomic mass is 10.2. The number of nitrogens with zero attached hydrogens (tertiary/aromatic N) is 4. The fourth-order valence-electron chi connectivity index (χ4n) is 3.92. The number of imidazole rings is 1. The molecule has 0 aliphatic heterocycles. The van der Waals surface area contributed by atoms with Crippen molar-refractivity contribution in [3.05, 3.63) is 90.0 Å². The van der Waals surface area contributed by atoms with Crippen molar-refractivity contribution in [2.75, 3.05) is 22.3 Å². The molecule has 0 bridgehead atoms. The number of aromatic nitrogens is 2. The monoisotopic (exact) mass is 548 g/mol. The molecule has 36 heavy (non-hydrogen) atoms. The Bertz CT molecular complexity index is 1360. The molecule has 0 aliphatic rings. The molecular weight excluding hydrogens is 521 g/mol. The van der Waals surface area contributed by atoms with Crippen LogP contribution in [0.5, 0.6) is 0 Å². The van der Waals surface area contributed by atoms with Crippen LogP contribution in [0.3, 0.4) is 0 Å². The van der Waals surface area contributed by atoms with Gasteiger partial charge in [0.05, 0.1) is 0 Å². The Labute approximate surface area is 232 Å². The maximum absolute atomic E-state index is 5.92. The topological polar surface area (TPSA) is 24.3 Å². The summed E-state index contributed by atoms with van der Waals surface area (Å²) in [5.41, 5.74) is 5.32. The van der Waals surface area contributed by atoms with E-state index in [2.05, 4.69) is 84.0 Å². The van der Waals surface area contributed by atoms with Crippen molar-refractivity contribution < 1.29 is 0 Å². The van der Waals surface area contributed by atoms with Crippen molar-refractivity contribution in [3.8, 4) is 11.4 Å². The molecule has 0 saturated carbocycles. The van der Waals surface area contributed by atoms with Gasteiger partial charge in [-0.1, -0.05) is 114 Å². The zero-order chi connectivity index (χ0) is 25.8. The Morgan fingerprint density at radius 3 is 1.69 bits per heavy atom. The van der Waals surface area contributed by atoms with Gasteiger partial charge in [-0.25, -0.2) is 4.98 Å². The van der Waals surface area contributed by atoms with E-state index in [0.29, 0.717) is 4.32 Å². The zero-order valence-electron chi connectivity index (χ0n) is 20.9. The molecule has 0 saturated heterocycles. The molecule has 0 aliphatic carbocycles. The van der Waals surface area contributed by atoms with Crippen molar-refractivity contribution in [1.82, 2.24) is 9.55 Å². The molecule has 4 nitrogen and oxygen atoms in total. The van der Waals surface area contributed by atoms with Gasteiger partial charge in [0.15, 0.2) is 11.6 Å². The fourth-order valence-corrected chi connectivity index (χ4v) is 5.05. The van der Waals surface area contributed by atoms with Crippen LogP contribution in [-0.2, 0) is 7.05 Å². The van der Waals surface area contributed by atoms with Gasteiger partial charge in [0.2, 0.25) is 0 Å². The molecule has 0 spiro atoms. The molecule has 0 N–H and O–H groups in total. The van der Waals surface area contributed by atoms with E-state index in [1.165, 1.54) is 34.7 Å². The van der Waals surface area contributed by atoms with Crippen LogP contribution in [0.4, 0.5) is 23.0 Å². The van der Waals surface area contributed by atoms with E-state index in [1.807, 2.05) is 42.7 Å². The number of thiocarbonyl (C=S) groups is 2. The Kier molecular flexibility index (Phi) is 8.51. The second kappa shape index (κ2) is 11.6. The van der Waals surface area contributed by atoms with Gasteiger partial charge in [-0.05, 0) is 50.6 Å². The number of hydrogen-bond donors (Lipinski definition) is 0. The summed E-state index contributed by atoms with van der Waals surface area (Å²) in [6.07, 6.45) is 4.00. The first-order valence-electron chi connectivity index (χ1n) is 11.4.